The van der Waals surface area contributed by atoms with Crippen molar-refractivity contribution in [2.24, 2.45) is 0 Å². The first-order valence-electron chi connectivity index (χ1n) is 4.10. The second-order valence-electron chi connectivity index (χ2n) is 2.83. The molecule has 0 unspecified atom stereocenters. The summed E-state index contributed by atoms with van der Waals surface area (Å²) in [6.45, 7) is 7.33. The lowest BCUT2D eigenvalue weighted by Gasteiger charge is -2.24. The van der Waals surface area contributed by atoms with Gasteiger partial charge in [-0.1, -0.05) is 18.6 Å². The van der Waals surface area contributed by atoms with Crippen LogP contribution in [0.3, 0.4) is 0 Å². The molecule has 0 aromatic heterocycles. The van der Waals surface area contributed by atoms with E-state index < -0.39 is 0 Å². The van der Waals surface area contributed by atoms with Gasteiger partial charge in [0.05, 0.1) is 0 Å². The summed E-state index contributed by atoms with van der Waals surface area (Å²) in [6.07, 6.45) is 8.19. The van der Waals surface area contributed by atoms with Gasteiger partial charge < -0.3 is 0 Å². The zero-order valence-corrected chi connectivity index (χ0v) is 6.55. The standard InChI is InChI=1S/C9H16N/c1-2-3-7-10-8-5-4-6-9-10/h2-3H,1,4-9H2/b3-2+. The molecule has 1 fully saturated rings. The van der Waals surface area contributed by atoms with Gasteiger partial charge >= 0.3 is 0 Å². The first-order valence-corrected chi connectivity index (χ1v) is 4.10. The number of nitrogens with zero attached hydrogens (tertiary/aromatic N) is 1. The second-order valence-corrected chi connectivity index (χ2v) is 2.83. The van der Waals surface area contributed by atoms with E-state index in [0.717, 1.165) is 6.54 Å². The van der Waals surface area contributed by atoms with Crippen molar-refractivity contribution in [3.8, 4) is 0 Å². The first-order chi connectivity index (χ1) is 4.93. The summed E-state index contributed by atoms with van der Waals surface area (Å²) in [6, 6.07) is 0. The topological polar surface area (TPSA) is 3.24 Å². The number of piperidine rings is 1. The fraction of sp³-hybridized carbons (Fsp3) is 0.667. The molecule has 0 aliphatic carbocycles. The molecule has 0 atom stereocenters. The van der Waals surface area contributed by atoms with Crippen molar-refractivity contribution in [3.63, 3.8) is 0 Å². The van der Waals surface area contributed by atoms with Crippen LogP contribution in [0.15, 0.2) is 12.2 Å². The van der Waals surface area contributed by atoms with Gasteiger partial charge in [-0.2, -0.15) is 0 Å². The van der Waals surface area contributed by atoms with Crippen molar-refractivity contribution in [2.75, 3.05) is 19.6 Å². The van der Waals surface area contributed by atoms with Crippen LogP contribution >= 0.6 is 0 Å². The minimum Gasteiger partial charge on any atom is -0.300 e. The largest absolute Gasteiger partial charge is 0.300 e. The van der Waals surface area contributed by atoms with Crippen LogP contribution in [-0.2, 0) is 0 Å². The van der Waals surface area contributed by atoms with E-state index in [1.54, 1.807) is 0 Å². The Labute approximate surface area is 63.7 Å². The molecule has 0 aromatic rings. The highest BCUT2D eigenvalue weighted by Gasteiger charge is 2.06. The summed E-state index contributed by atoms with van der Waals surface area (Å²) in [5.74, 6) is 0. The molecule has 0 saturated carbocycles. The number of allylic oxidation sites excluding steroid dienone is 1. The Bertz CT molecular complexity index is 101. The fourth-order valence-corrected chi connectivity index (χ4v) is 1.37. The minimum absolute atomic E-state index is 1.10. The van der Waals surface area contributed by atoms with E-state index in [1.807, 2.05) is 6.08 Å². The molecule has 1 heterocycles. The van der Waals surface area contributed by atoms with Gasteiger partial charge in [0, 0.05) is 6.54 Å². The molecule has 0 N–H and O–H groups in total. The zero-order valence-electron chi connectivity index (χ0n) is 6.55. The Kier molecular flexibility index (Phi) is 3.52. The van der Waals surface area contributed by atoms with Gasteiger partial charge in [-0.25, -0.2) is 0 Å². The third-order valence-corrected chi connectivity index (χ3v) is 1.98. The van der Waals surface area contributed by atoms with Gasteiger partial charge in [0.25, 0.3) is 0 Å². The third kappa shape index (κ3) is 2.53. The Morgan fingerprint density at radius 3 is 2.50 bits per heavy atom. The lowest BCUT2D eigenvalue weighted by molar-refractivity contribution is 0.251. The molecule has 10 heavy (non-hydrogen) atoms. The highest BCUT2D eigenvalue weighted by atomic mass is 15.1. The third-order valence-electron chi connectivity index (χ3n) is 1.98. The molecule has 1 rings (SSSR count). The Balaban J connectivity index is 2.13. The van der Waals surface area contributed by atoms with E-state index in [4.69, 9.17) is 0 Å². The van der Waals surface area contributed by atoms with Crippen LogP contribution in [0.2, 0.25) is 0 Å². The average Bonchev–Trinajstić information content (AvgIpc) is 2.03. The molecule has 0 amide bonds. The SMILES string of the molecule is [CH2]/C=C/CN1CCCCC1. The van der Waals surface area contributed by atoms with E-state index in [2.05, 4.69) is 17.9 Å². The minimum atomic E-state index is 1.10. The molecule has 1 heteroatoms. The molecule has 0 spiro atoms. The monoisotopic (exact) mass is 138 g/mol. The maximum absolute atomic E-state index is 3.66. The van der Waals surface area contributed by atoms with Crippen LogP contribution in [-0.4, -0.2) is 24.5 Å². The van der Waals surface area contributed by atoms with E-state index in [-0.39, 0.29) is 0 Å². The second kappa shape index (κ2) is 4.51. The Hall–Kier alpha value is -0.300. The summed E-state index contributed by atoms with van der Waals surface area (Å²) in [7, 11) is 0. The van der Waals surface area contributed by atoms with E-state index >= 15 is 0 Å². The highest BCUT2D eigenvalue weighted by molar-refractivity contribution is 4.87. The summed E-state index contributed by atoms with van der Waals surface area (Å²) >= 11 is 0. The van der Waals surface area contributed by atoms with E-state index in [9.17, 15) is 0 Å². The van der Waals surface area contributed by atoms with Crippen LogP contribution in [0.5, 0.6) is 0 Å². The normalized spacial score (nSPS) is 22.1. The van der Waals surface area contributed by atoms with Gasteiger partial charge in [-0.3, -0.25) is 4.90 Å². The van der Waals surface area contributed by atoms with Crippen LogP contribution in [0.25, 0.3) is 0 Å². The van der Waals surface area contributed by atoms with Gasteiger partial charge in [0.2, 0.25) is 0 Å². The van der Waals surface area contributed by atoms with Gasteiger partial charge in [-0.15, -0.1) is 0 Å². The Morgan fingerprint density at radius 1 is 1.20 bits per heavy atom. The molecule has 0 bridgehead atoms. The molecule has 1 aliphatic rings. The number of hydrogen-bond donors (Lipinski definition) is 0. The van der Waals surface area contributed by atoms with E-state index in [0.29, 0.717) is 0 Å². The summed E-state index contributed by atoms with van der Waals surface area (Å²) in [5, 5.41) is 0. The lowest BCUT2D eigenvalue weighted by atomic mass is 10.1. The van der Waals surface area contributed by atoms with Gasteiger partial charge in [-0.05, 0) is 32.9 Å². The zero-order chi connectivity index (χ0) is 7.23. The molecule has 1 radical (unpaired) electrons. The summed E-state index contributed by atoms with van der Waals surface area (Å²) < 4.78 is 0. The van der Waals surface area contributed by atoms with Crippen LogP contribution < -0.4 is 0 Å². The molecular formula is C9H16N. The number of likely N-dealkylation sites (tertiary alicyclic amines) is 1. The molecule has 57 valence electrons. The van der Waals surface area contributed by atoms with Crippen molar-refractivity contribution in [2.45, 2.75) is 19.3 Å². The van der Waals surface area contributed by atoms with Crippen molar-refractivity contribution >= 4 is 0 Å². The van der Waals surface area contributed by atoms with E-state index in [1.165, 1.54) is 32.4 Å². The number of rotatable bonds is 2. The first kappa shape index (κ1) is 7.80. The molecule has 0 aromatic carbocycles. The summed E-state index contributed by atoms with van der Waals surface area (Å²) in [5.41, 5.74) is 0. The highest BCUT2D eigenvalue weighted by Crippen LogP contribution is 2.07. The smallest absolute Gasteiger partial charge is 0.0163 e. The Morgan fingerprint density at radius 2 is 1.90 bits per heavy atom. The van der Waals surface area contributed by atoms with Crippen LogP contribution in [0.4, 0.5) is 0 Å². The van der Waals surface area contributed by atoms with Gasteiger partial charge in [0.15, 0.2) is 0 Å². The van der Waals surface area contributed by atoms with Crippen molar-refractivity contribution in [3.05, 3.63) is 19.1 Å². The average molecular weight is 138 g/mol. The van der Waals surface area contributed by atoms with Crippen molar-refractivity contribution in [1.29, 1.82) is 0 Å². The van der Waals surface area contributed by atoms with Gasteiger partial charge in [0.1, 0.15) is 0 Å². The predicted octanol–water partition coefficient (Wildman–Crippen LogP) is 1.86. The fourth-order valence-electron chi connectivity index (χ4n) is 1.37. The molecule has 1 aliphatic heterocycles. The van der Waals surface area contributed by atoms with Crippen LogP contribution in [0.1, 0.15) is 19.3 Å². The molecule has 1 nitrogen and oxygen atoms in total. The predicted molar refractivity (Wildman–Crippen MR) is 44.8 cm³/mol. The maximum atomic E-state index is 3.66. The lowest BCUT2D eigenvalue weighted by Crippen LogP contribution is -2.29. The summed E-state index contributed by atoms with van der Waals surface area (Å²) in [4.78, 5) is 2.48. The maximum Gasteiger partial charge on any atom is 0.0163 e. The quantitative estimate of drug-likeness (QED) is 0.563. The molecular weight excluding hydrogens is 122 g/mol. The van der Waals surface area contributed by atoms with Crippen molar-refractivity contribution in [1.82, 2.24) is 4.90 Å². The van der Waals surface area contributed by atoms with Crippen LogP contribution in [0, 0.1) is 6.92 Å². The van der Waals surface area contributed by atoms with Crippen molar-refractivity contribution < 1.29 is 0 Å². The number of hydrogen-bond acceptors (Lipinski definition) is 1. The molecule has 1 saturated heterocycles.